The SMILES string of the molecule is CCC1=CCCC([C@H](Cc2ccc(NS(=O)(=O)O)cc2)NC(=O)Cc2ccc(F)c(F)c2)=N1. The molecule has 0 bridgehead atoms. The molecule has 7 nitrogen and oxygen atoms in total. The number of benzene rings is 2. The normalized spacial score (nSPS) is 14.8. The fourth-order valence-corrected chi connectivity index (χ4v) is 4.01. The zero-order valence-corrected chi connectivity index (χ0v) is 18.8. The molecule has 0 fully saturated rings. The van der Waals surface area contributed by atoms with Crippen molar-refractivity contribution in [3.63, 3.8) is 0 Å². The third kappa shape index (κ3) is 7.47. The van der Waals surface area contributed by atoms with Gasteiger partial charge in [-0.3, -0.25) is 19.1 Å². The molecule has 1 heterocycles. The second-order valence-corrected chi connectivity index (χ2v) is 8.87. The van der Waals surface area contributed by atoms with Gasteiger partial charge in [-0.25, -0.2) is 8.78 Å². The predicted molar refractivity (Wildman–Crippen MR) is 122 cm³/mol. The van der Waals surface area contributed by atoms with Gasteiger partial charge in [-0.05, 0) is 61.1 Å². The summed E-state index contributed by atoms with van der Waals surface area (Å²) in [7, 11) is -4.37. The van der Waals surface area contributed by atoms with Crippen LogP contribution >= 0.6 is 0 Å². The maximum absolute atomic E-state index is 13.5. The Morgan fingerprint density at radius 2 is 1.82 bits per heavy atom. The standard InChI is InChI=1S/C23H25F2N3O4S/c1-2-17-4-3-5-21(26-17)22(13-15-6-9-18(10-7-15)28-33(30,31)32)27-23(29)14-16-8-11-19(24)20(25)12-16/h4,6-12,22,28H,2-3,5,13-14H2,1H3,(H,27,29)(H,30,31,32)/t22-/m0/s1. The molecule has 33 heavy (non-hydrogen) atoms. The first-order valence-electron chi connectivity index (χ1n) is 10.5. The molecular formula is C23H25F2N3O4S. The minimum absolute atomic E-state index is 0.116. The summed E-state index contributed by atoms with van der Waals surface area (Å²) in [6, 6.07) is 9.29. The summed E-state index contributed by atoms with van der Waals surface area (Å²) in [5.74, 6) is -2.34. The van der Waals surface area contributed by atoms with E-state index in [0.29, 0.717) is 18.4 Å². The first-order chi connectivity index (χ1) is 15.6. The lowest BCUT2D eigenvalue weighted by molar-refractivity contribution is -0.120. The Labute approximate surface area is 191 Å². The highest BCUT2D eigenvalue weighted by atomic mass is 32.2. The van der Waals surface area contributed by atoms with Crippen molar-refractivity contribution >= 4 is 27.6 Å². The first-order valence-corrected chi connectivity index (χ1v) is 11.9. The molecule has 1 amide bonds. The van der Waals surface area contributed by atoms with Gasteiger partial charge in [-0.2, -0.15) is 8.42 Å². The average Bonchev–Trinajstić information content (AvgIpc) is 2.76. The number of nitrogens with zero attached hydrogens (tertiary/aromatic N) is 1. The number of hydrogen-bond donors (Lipinski definition) is 3. The first kappa shape index (κ1) is 24.5. The third-order valence-electron chi connectivity index (χ3n) is 5.16. The Bertz CT molecular complexity index is 1180. The molecule has 1 atom stereocenters. The molecule has 0 aromatic heterocycles. The summed E-state index contributed by atoms with van der Waals surface area (Å²) in [5, 5.41) is 2.95. The smallest absolute Gasteiger partial charge is 0.347 e. The van der Waals surface area contributed by atoms with E-state index in [2.05, 4.69) is 16.4 Å². The van der Waals surface area contributed by atoms with Crippen LogP contribution < -0.4 is 10.0 Å². The summed E-state index contributed by atoms with van der Waals surface area (Å²) in [4.78, 5) is 17.4. The van der Waals surface area contributed by atoms with Crippen LogP contribution in [-0.2, 0) is 27.9 Å². The third-order valence-corrected chi connectivity index (χ3v) is 5.65. The summed E-state index contributed by atoms with van der Waals surface area (Å²) < 4.78 is 59.5. The quantitative estimate of drug-likeness (QED) is 0.475. The predicted octanol–water partition coefficient (Wildman–Crippen LogP) is 3.98. The van der Waals surface area contributed by atoms with Crippen molar-refractivity contribution in [2.45, 2.75) is 45.1 Å². The number of nitrogens with one attached hydrogen (secondary N) is 2. The molecule has 1 aliphatic heterocycles. The number of allylic oxidation sites excluding steroid dienone is 2. The van der Waals surface area contributed by atoms with E-state index < -0.39 is 28.0 Å². The highest BCUT2D eigenvalue weighted by molar-refractivity contribution is 7.87. The molecule has 1 aliphatic rings. The van der Waals surface area contributed by atoms with Gasteiger partial charge < -0.3 is 5.32 Å². The van der Waals surface area contributed by atoms with Crippen molar-refractivity contribution in [2.75, 3.05) is 4.72 Å². The van der Waals surface area contributed by atoms with E-state index >= 15 is 0 Å². The zero-order chi connectivity index (χ0) is 24.0. The topological polar surface area (TPSA) is 108 Å². The molecule has 10 heteroatoms. The maximum atomic E-state index is 13.5. The lowest BCUT2D eigenvalue weighted by Crippen LogP contribution is -2.43. The van der Waals surface area contributed by atoms with Crippen LogP contribution in [0.1, 0.15) is 37.3 Å². The van der Waals surface area contributed by atoms with E-state index in [1.54, 1.807) is 12.1 Å². The van der Waals surface area contributed by atoms with Crippen LogP contribution in [0.2, 0.25) is 0 Å². The number of aliphatic imine (C=N–C) groups is 1. The fourth-order valence-electron chi connectivity index (χ4n) is 3.57. The largest absolute Gasteiger partial charge is 0.357 e. The Balaban J connectivity index is 1.77. The fraction of sp³-hybridized carbons (Fsp3) is 0.304. The molecule has 2 aromatic rings. The molecule has 0 saturated heterocycles. The average molecular weight is 478 g/mol. The zero-order valence-electron chi connectivity index (χ0n) is 18.0. The molecule has 2 aromatic carbocycles. The monoisotopic (exact) mass is 477 g/mol. The van der Waals surface area contributed by atoms with Gasteiger partial charge in [0.1, 0.15) is 0 Å². The van der Waals surface area contributed by atoms with Gasteiger partial charge in [0.15, 0.2) is 11.6 Å². The highest BCUT2D eigenvalue weighted by Gasteiger charge is 2.21. The number of carbonyl (C=O) groups excluding carboxylic acids is 1. The lowest BCUT2D eigenvalue weighted by atomic mass is 9.96. The summed E-state index contributed by atoms with van der Waals surface area (Å²) in [6.45, 7) is 2.00. The van der Waals surface area contributed by atoms with E-state index in [1.807, 2.05) is 11.6 Å². The second kappa shape index (κ2) is 10.7. The van der Waals surface area contributed by atoms with Crippen LogP contribution in [0.15, 0.2) is 59.2 Å². The number of hydrogen-bond acceptors (Lipinski definition) is 4. The molecule has 0 radical (unpaired) electrons. The van der Waals surface area contributed by atoms with E-state index in [4.69, 9.17) is 4.55 Å². The minimum atomic E-state index is -4.37. The van der Waals surface area contributed by atoms with Crippen molar-refractivity contribution in [3.8, 4) is 0 Å². The Morgan fingerprint density at radius 1 is 1.12 bits per heavy atom. The summed E-state index contributed by atoms with van der Waals surface area (Å²) in [5.41, 5.74) is 3.11. The second-order valence-electron chi connectivity index (χ2n) is 7.71. The van der Waals surface area contributed by atoms with E-state index in [9.17, 15) is 22.0 Å². The number of carbonyl (C=O) groups is 1. The van der Waals surface area contributed by atoms with Gasteiger partial charge in [0.05, 0.1) is 18.2 Å². The van der Waals surface area contributed by atoms with Crippen molar-refractivity contribution in [1.82, 2.24) is 5.32 Å². The van der Waals surface area contributed by atoms with E-state index in [0.717, 1.165) is 41.9 Å². The molecule has 3 N–H and O–H groups in total. The van der Waals surface area contributed by atoms with Crippen LogP contribution in [-0.4, -0.2) is 30.6 Å². The summed E-state index contributed by atoms with van der Waals surface area (Å²) in [6.07, 6.45) is 4.56. The molecule has 3 rings (SSSR count). The van der Waals surface area contributed by atoms with Gasteiger partial charge in [0.2, 0.25) is 5.91 Å². The van der Waals surface area contributed by atoms with Crippen LogP contribution in [0.3, 0.4) is 0 Å². The van der Waals surface area contributed by atoms with Crippen molar-refractivity contribution in [2.24, 2.45) is 4.99 Å². The molecular weight excluding hydrogens is 452 g/mol. The van der Waals surface area contributed by atoms with Gasteiger partial charge in [0.25, 0.3) is 0 Å². The van der Waals surface area contributed by atoms with Crippen LogP contribution in [0.4, 0.5) is 14.5 Å². The van der Waals surface area contributed by atoms with Crippen molar-refractivity contribution < 1.29 is 26.5 Å². The molecule has 0 aliphatic carbocycles. The van der Waals surface area contributed by atoms with Gasteiger partial charge >= 0.3 is 10.3 Å². The van der Waals surface area contributed by atoms with Gasteiger partial charge in [-0.1, -0.05) is 31.2 Å². The minimum Gasteiger partial charge on any atom is -0.347 e. The molecule has 0 saturated carbocycles. The van der Waals surface area contributed by atoms with Crippen LogP contribution in [0, 0.1) is 11.6 Å². The van der Waals surface area contributed by atoms with Gasteiger partial charge in [0, 0.05) is 11.4 Å². The highest BCUT2D eigenvalue weighted by Crippen LogP contribution is 2.19. The number of rotatable bonds is 9. The molecule has 0 unspecified atom stereocenters. The Hall–Kier alpha value is -3.11. The number of halogens is 2. The van der Waals surface area contributed by atoms with E-state index in [-0.39, 0.29) is 18.0 Å². The van der Waals surface area contributed by atoms with Gasteiger partial charge in [-0.15, -0.1) is 0 Å². The Kier molecular flexibility index (Phi) is 7.93. The summed E-state index contributed by atoms with van der Waals surface area (Å²) >= 11 is 0. The molecule has 0 spiro atoms. The molecule has 176 valence electrons. The van der Waals surface area contributed by atoms with Crippen molar-refractivity contribution in [1.29, 1.82) is 0 Å². The van der Waals surface area contributed by atoms with Crippen molar-refractivity contribution in [3.05, 3.63) is 77.0 Å². The van der Waals surface area contributed by atoms with Crippen LogP contribution in [0.25, 0.3) is 0 Å². The van der Waals surface area contributed by atoms with Crippen LogP contribution in [0.5, 0.6) is 0 Å². The Morgan fingerprint density at radius 3 is 2.45 bits per heavy atom. The van der Waals surface area contributed by atoms with E-state index in [1.165, 1.54) is 18.2 Å². The maximum Gasteiger partial charge on any atom is 0.357 e. The number of amides is 1. The number of anilines is 1. The lowest BCUT2D eigenvalue weighted by Gasteiger charge is -2.24.